The van der Waals surface area contributed by atoms with Gasteiger partial charge in [0, 0.05) is 6.20 Å². The molecule has 0 bridgehead atoms. The molecule has 2 heterocycles. The van der Waals surface area contributed by atoms with Crippen molar-refractivity contribution in [2.75, 3.05) is 5.73 Å². The first-order valence-electron chi connectivity index (χ1n) is 3.33. The Kier molecular flexibility index (Phi) is 1.09. The quantitative estimate of drug-likeness (QED) is 0.595. The number of aryl methyl sites for hydroxylation is 1. The van der Waals surface area contributed by atoms with Crippen molar-refractivity contribution in [3.05, 3.63) is 24.2 Å². The first-order valence-corrected chi connectivity index (χ1v) is 3.33. The molecule has 0 aliphatic rings. The van der Waals surface area contributed by atoms with Gasteiger partial charge in [-0.25, -0.2) is 9.97 Å². The summed E-state index contributed by atoms with van der Waals surface area (Å²) in [4.78, 5) is 7.92. The largest absolute Gasteiger partial charge is 0.369 e. The number of aromatic nitrogens is 3. The minimum absolute atomic E-state index is 0.475. The molecular formula is C7H8N4. The lowest BCUT2D eigenvalue weighted by atomic mass is 10.4. The molecule has 0 spiro atoms. The third-order valence-electron chi connectivity index (χ3n) is 1.67. The maximum atomic E-state index is 5.58. The summed E-state index contributed by atoms with van der Waals surface area (Å²) in [5, 5.41) is 0. The smallest absolute Gasteiger partial charge is 0.207 e. The second kappa shape index (κ2) is 1.95. The zero-order valence-corrected chi connectivity index (χ0v) is 6.15. The van der Waals surface area contributed by atoms with Crippen molar-refractivity contribution in [3.8, 4) is 0 Å². The second-order valence-electron chi connectivity index (χ2n) is 2.42. The molecule has 4 heteroatoms. The van der Waals surface area contributed by atoms with Crippen LogP contribution in [0.3, 0.4) is 0 Å². The fourth-order valence-electron chi connectivity index (χ4n) is 1.08. The fourth-order valence-corrected chi connectivity index (χ4v) is 1.08. The van der Waals surface area contributed by atoms with Gasteiger partial charge in [-0.15, -0.1) is 0 Å². The highest BCUT2D eigenvalue weighted by Crippen LogP contribution is 2.09. The average Bonchev–Trinajstić information content (AvgIpc) is 2.35. The van der Waals surface area contributed by atoms with Crippen LogP contribution in [0.15, 0.2) is 18.6 Å². The van der Waals surface area contributed by atoms with E-state index < -0.39 is 0 Å². The van der Waals surface area contributed by atoms with Crippen LogP contribution in [0.4, 0.5) is 5.95 Å². The van der Waals surface area contributed by atoms with Gasteiger partial charge in [0.1, 0.15) is 12.0 Å². The van der Waals surface area contributed by atoms with Crippen molar-refractivity contribution in [2.24, 2.45) is 0 Å². The third kappa shape index (κ3) is 0.756. The Morgan fingerprint density at radius 2 is 2.27 bits per heavy atom. The van der Waals surface area contributed by atoms with Gasteiger partial charge in [-0.05, 0) is 18.6 Å². The van der Waals surface area contributed by atoms with E-state index in [4.69, 9.17) is 5.73 Å². The number of rotatable bonds is 0. The molecule has 11 heavy (non-hydrogen) atoms. The highest BCUT2D eigenvalue weighted by atomic mass is 15.1. The van der Waals surface area contributed by atoms with Gasteiger partial charge in [0.2, 0.25) is 5.95 Å². The van der Waals surface area contributed by atoms with Gasteiger partial charge in [-0.3, -0.25) is 4.40 Å². The predicted molar refractivity (Wildman–Crippen MR) is 42.1 cm³/mol. The molecule has 0 saturated heterocycles. The Bertz CT molecular complexity index is 390. The predicted octanol–water partition coefficient (Wildman–Crippen LogP) is 0.620. The molecule has 0 saturated carbocycles. The maximum Gasteiger partial charge on any atom is 0.207 e. The lowest BCUT2D eigenvalue weighted by Gasteiger charge is -1.96. The topological polar surface area (TPSA) is 56.2 Å². The molecule has 0 amide bonds. The van der Waals surface area contributed by atoms with Crippen LogP contribution < -0.4 is 5.73 Å². The summed E-state index contributed by atoms with van der Waals surface area (Å²) in [7, 11) is 0. The van der Waals surface area contributed by atoms with Crippen molar-refractivity contribution in [2.45, 2.75) is 6.92 Å². The van der Waals surface area contributed by atoms with Crippen LogP contribution in [0.1, 0.15) is 5.56 Å². The summed E-state index contributed by atoms with van der Waals surface area (Å²) < 4.78 is 1.76. The summed E-state index contributed by atoms with van der Waals surface area (Å²) in [5.74, 6) is 0.475. The summed E-state index contributed by atoms with van der Waals surface area (Å²) in [6, 6.07) is 1.96. The van der Waals surface area contributed by atoms with E-state index in [1.54, 1.807) is 4.40 Å². The zero-order chi connectivity index (χ0) is 7.84. The number of hydrogen-bond acceptors (Lipinski definition) is 3. The van der Waals surface area contributed by atoms with E-state index in [9.17, 15) is 0 Å². The van der Waals surface area contributed by atoms with Crippen LogP contribution >= 0.6 is 0 Å². The van der Waals surface area contributed by atoms with Crippen LogP contribution in [-0.2, 0) is 0 Å². The number of anilines is 1. The minimum Gasteiger partial charge on any atom is -0.369 e. The van der Waals surface area contributed by atoms with E-state index >= 15 is 0 Å². The first-order chi connectivity index (χ1) is 5.29. The first kappa shape index (κ1) is 6.15. The molecular weight excluding hydrogens is 140 g/mol. The van der Waals surface area contributed by atoms with Crippen LogP contribution in [0.5, 0.6) is 0 Å². The fraction of sp³-hybridized carbons (Fsp3) is 0.143. The van der Waals surface area contributed by atoms with Gasteiger partial charge in [-0.2, -0.15) is 0 Å². The zero-order valence-electron chi connectivity index (χ0n) is 6.15. The lowest BCUT2D eigenvalue weighted by molar-refractivity contribution is 1.04. The summed E-state index contributed by atoms with van der Waals surface area (Å²) in [5.41, 5.74) is 7.56. The van der Waals surface area contributed by atoms with Gasteiger partial charge in [0.15, 0.2) is 0 Å². The van der Waals surface area contributed by atoms with Crippen LogP contribution in [-0.4, -0.2) is 14.4 Å². The lowest BCUT2D eigenvalue weighted by Crippen LogP contribution is -1.99. The molecule has 0 aromatic carbocycles. The van der Waals surface area contributed by atoms with Crippen molar-refractivity contribution in [3.63, 3.8) is 0 Å². The van der Waals surface area contributed by atoms with Gasteiger partial charge < -0.3 is 5.73 Å². The number of nitrogens with two attached hydrogens (primary N) is 1. The molecule has 2 N–H and O–H groups in total. The van der Waals surface area contributed by atoms with Crippen molar-refractivity contribution in [1.82, 2.24) is 14.4 Å². The Morgan fingerprint density at radius 3 is 3.00 bits per heavy atom. The summed E-state index contributed by atoms with van der Waals surface area (Å²) >= 11 is 0. The van der Waals surface area contributed by atoms with Crippen LogP contribution in [0.25, 0.3) is 5.65 Å². The SMILES string of the molecule is Cc1ccn2c(N)ncnc12. The van der Waals surface area contributed by atoms with Gasteiger partial charge in [-0.1, -0.05) is 0 Å². The molecule has 0 aliphatic heterocycles. The molecule has 0 atom stereocenters. The molecule has 2 aromatic rings. The van der Waals surface area contributed by atoms with E-state index in [0.29, 0.717) is 5.95 Å². The van der Waals surface area contributed by atoms with E-state index in [-0.39, 0.29) is 0 Å². The summed E-state index contributed by atoms with van der Waals surface area (Å²) in [6.45, 7) is 1.99. The Labute approximate surface area is 63.7 Å². The van der Waals surface area contributed by atoms with Gasteiger partial charge >= 0.3 is 0 Å². The highest BCUT2D eigenvalue weighted by molar-refractivity contribution is 5.50. The number of hydrogen-bond donors (Lipinski definition) is 1. The summed E-state index contributed by atoms with van der Waals surface area (Å²) in [6.07, 6.45) is 3.33. The van der Waals surface area contributed by atoms with E-state index in [2.05, 4.69) is 9.97 Å². The van der Waals surface area contributed by atoms with Crippen LogP contribution in [0, 0.1) is 6.92 Å². The number of nitrogens with zero attached hydrogens (tertiary/aromatic N) is 3. The average molecular weight is 148 g/mol. The van der Waals surface area contributed by atoms with Gasteiger partial charge in [0.25, 0.3) is 0 Å². The Balaban J connectivity index is 2.94. The number of fused-ring (bicyclic) bond motifs is 1. The Hall–Kier alpha value is -1.58. The molecule has 4 nitrogen and oxygen atoms in total. The highest BCUT2D eigenvalue weighted by Gasteiger charge is 2.00. The van der Waals surface area contributed by atoms with Crippen molar-refractivity contribution < 1.29 is 0 Å². The van der Waals surface area contributed by atoms with Crippen molar-refractivity contribution in [1.29, 1.82) is 0 Å². The monoisotopic (exact) mass is 148 g/mol. The number of nitrogen functional groups attached to an aromatic ring is 1. The minimum atomic E-state index is 0.475. The van der Waals surface area contributed by atoms with E-state index in [1.807, 2.05) is 19.2 Å². The third-order valence-corrected chi connectivity index (χ3v) is 1.67. The standard InChI is InChI=1S/C7H8N4/c1-5-2-3-11-6(5)9-4-10-7(11)8/h2-4H,1H3,(H2,8,9,10). The van der Waals surface area contributed by atoms with E-state index in [0.717, 1.165) is 11.2 Å². The molecule has 0 radical (unpaired) electrons. The van der Waals surface area contributed by atoms with Gasteiger partial charge in [0.05, 0.1) is 0 Å². The van der Waals surface area contributed by atoms with Crippen molar-refractivity contribution >= 4 is 11.6 Å². The maximum absolute atomic E-state index is 5.58. The molecule has 0 aliphatic carbocycles. The molecule has 0 fully saturated rings. The molecule has 2 aromatic heterocycles. The Morgan fingerprint density at radius 1 is 1.45 bits per heavy atom. The van der Waals surface area contributed by atoms with Crippen LogP contribution in [0.2, 0.25) is 0 Å². The second-order valence-corrected chi connectivity index (χ2v) is 2.42. The molecule has 56 valence electrons. The van der Waals surface area contributed by atoms with E-state index in [1.165, 1.54) is 6.33 Å². The molecule has 2 rings (SSSR count). The molecule has 0 unspecified atom stereocenters. The normalized spacial score (nSPS) is 10.6.